The number of hydrogen-bond acceptors (Lipinski definition) is 2. The molecule has 1 aliphatic carbocycles. The summed E-state index contributed by atoms with van der Waals surface area (Å²) in [7, 11) is 1.66. The van der Waals surface area contributed by atoms with E-state index in [1.54, 1.807) is 7.11 Å². The van der Waals surface area contributed by atoms with Crippen molar-refractivity contribution >= 4 is 5.91 Å². The van der Waals surface area contributed by atoms with Crippen LogP contribution < -0.4 is 10.1 Å². The lowest BCUT2D eigenvalue weighted by atomic mass is 9.97. The smallest absolute Gasteiger partial charge is 0.220 e. The maximum atomic E-state index is 12.5. The van der Waals surface area contributed by atoms with Gasteiger partial charge in [0.25, 0.3) is 0 Å². The summed E-state index contributed by atoms with van der Waals surface area (Å²) in [6.45, 7) is 0. The molecular weight excluding hydrogens is 310 g/mol. The van der Waals surface area contributed by atoms with Crippen molar-refractivity contribution in [1.82, 2.24) is 5.32 Å². The molecule has 0 aromatic heterocycles. The van der Waals surface area contributed by atoms with Crippen LogP contribution in [0.15, 0.2) is 54.6 Å². The highest BCUT2D eigenvalue weighted by Gasteiger charge is 2.19. The Kier molecular flexibility index (Phi) is 6.10. The van der Waals surface area contributed by atoms with Crippen LogP contribution >= 0.6 is 0 Å². The number of carbonyl (C=O) groups excluding carboxylic acids is 1. The van der Waals surface area contributed by atoms with E-state index in [0.717, 1.165) is 29.2 Å². The number of ether oxygens (including phenoxy) is 1. The van der Waals surface area contributed by atoms with Crippen molar-refractivity contribution in [2.75, 3.05) is 7.11 Å². The highest BCUT2D eigenvalue weighted by molar-refractivity contribution is 5.77. The molecule has 3 rings (SSSR count). The fourth-order valence-corrected chi connectivity index (χ4v) is 3.67. The molecule has 0 bridgehead atoms. The Bertz CT molecular complexity index is 660. The quantitative estimate of drug-likeness (QED) is 0.782. The number of rotatable bonds is 7. The topological polar surface area (TPSA) is 38.3 Å². The monoisotopic (exact) mass is 337 g/mol. The van der Waals surface area contributed by atoms with E-state index < -0.39 is 0 Å². The van der Waals surface area contributed by atoms with E-state index in [1.807, 2.05) is 42.5 Å². The van der Waals surface area contributed by atoms with Crippen molar-refractivity contribution in [3.8, 4) is 5.75 Å². The van der Waals surface area contributed by atoms with E-state index in [0.29, 0.717) is 6.42 Å². The average Bonchev–Trinajstić information content (AvgIpc) is 3.19. The van der Waals surface area contributed by atoms with Gasteiger partial charge in [-0.05, 0) is 35.6 Å². The SMILES string of the molecule is COc1ccc(C(NC(=O)CCC2CCCC2)c2ccccc2)cc1. The zero-order valence-electron chi connectivity index (χ0n) is 14.9. The summed E-state index contributed by atoms with van der Waals surface area (Å²) in [6.07, 6.45) is 6.84. The van der Waals surface area contributed by atoms with Gasteiger partial charge < -0.3 is 10.1 Å². The Morgan fingerprint density at radius 2 is 1.68 bits per heavy atom. The minimum atomic E-state index is -0.122. The molecule has 0 radical (unpaired) electrons. The second-order valence-corrected chi connectivity index (χ2v) is 6.87. The number of amides is 1. The first-order chi connectivity index (χ1) is 12.3. The van der Waals surface area contributed by atoms with Crippen molar-refractivity contribution in [3.63, 3.8) is 0 Å². The van der Waals surface area contributed by atoms with E-state index in [9.17, 15) is 4.79 Å². The molecule has 3 nitrogen and oxygen atoms in total. The van der Waals surface area contributed by atoms with Crippen LogP contribution in [0.4, 0.5) is 0 Å². The minimum Gasteiger partial charge on any atom is -0.497 e. The molecule has 25 heavy (non-hydrogen) atoms. The predicted molar refractivity (Wildman–Crippen MR) is 101 cm³/mol. The molecule has 3 heteroatoms. The van der Waals surface area contributed by atoms with E-state index >= 15 is 0 Å². The summed E-state index contributed by atoms with van der Waals surface area (Å²) in [5, 5.41) is 3.23. The molecule has 2 aromatic rings. The second-order valence-electron chi connectivity index (χ2n) is 6.87. The number of methoxy groups -OCH3 is 1. The molecule has 1 aliphatic rings. The number of hydrogen-bond donors (Lipinski definition) is 1. The average molecular weight is 337 g/mol. The van der Waals surface area contributed by atoms with Crippen LogP contribution in [0.2, 0.25) is 0 Å². The first-order valence-corrected chi connectivity index (χ1v) is 9.24. The first kappa shape index (κ1) is 17.5. The van der Waals surface area contributed by atoms with Gasteiger partial charge in [0.1, 0.15) is 5.75 Å². The fourth-order valence-electron chi connectivity index (χ4n) is 3.67. The zero-order valence-corrected chi connectivity index (χ0v) is 14.9. The minimum absolute atomic E-state index is 0.122. The van der Waals surface area contributed by atoms with Gasteiger partial charge in [-0.15, -0.1) is 0 Å². The Hall–Kier alpha value is -2.29. The molecule has 1 saturated carbocycles. The third kappa shape index (κ3) is 4.85. The van der Waals surface area contributed by atoms with Crippen molar-refractivity contribution in [1.29, 1.82) is 0 Å². The van der Waals surface area contributed by atoms with Crippen molar-refractivity contribution in [3.05, 3.63) is 65.7 Å². The fraction of sp³-hybridized carbons (Fsp3) is 0.409. The lowest BCUT2D eigenvalue weighted by Crippen LogP contribution is -2.29. The van der Waals surface area contributed by atoms with Crippen molar-refractivity contribution in [2.24, 2.45) is 5.92 Å². The lowest BCUT2D eigenvalue weighted by molar-refractivity contribution is -0.121. The van der Waals surface area contributed by atoms with Crippen LogP contribution in [-0.4, -0.2) is 13.0 Å². The van der Waals surface area contributed by atoms with Gasteiger partial charge in [-0.25, -0.2) is 0 Å². The standard InChI is InChI=1S/C22H27NO2/c1-25-20-14-12-19(13-15-20)22(18-9-3-2-4-10-18)23-21(24)16-11-17-7-5-6-8-17/h2-4,9-10,12-15,17,22H,5-8,11,16H2,1H3,(H,23,24). The van der Waals surface area contributed by atoms with Gasteiger partial charge in [0, 0.05) is 6.42 Å². The normalized spacial score (nSPS) is 15.7. The Morgan fingerprint density at radius 3 is 2.32 bits per heavy atom. The molecule has 2 aromatic carbocycles. The van der Waals surface area contributed by atoms with Gasteiger partial charge in [-0.2, -0.15) is 0 Å². The Balaban J connectivity index is 1.70. The first-order valence-electron chi connectivity index (χ1n) is 9.24. The lowest BCUT2D eigenvalue weighted by Gasteiger charge is -2.21. The largest absolute Gasteiger partial charge is 0.497 e. The van der Waals surface area contributed by atoms with Crippen LogP contribution in [-0.2, 0) is 4.79 Å². The van der Waals surface area contributed by atoms with Gasteiger partial charge in [0.05, 0.1) is 13.2 Å². The van der Waals surface area contributed by atoms with E-state index in [4.69, 9.17) is 4.74 Å². The summed E-state index contributed by atoms with van der Waals surface area (Å²) in [5.74, 6) is 1.70. The maximum Gasteiger partial charge on any atom is 0.220 e. The Labute approximate surface area is 150 Å². The van der Waals surface area contributed by atoms with Gasteiger partial charge >= 0.3 is 0 Å². The van der Waals surface area contributed by atoms with Crippen molar-refractivity contribution in [2.45, 2.75) is 44.6 Å². The maximum absolute atomic E-state index is 12.5. The summed E-state index contributed by atoms with van der Waals surface area (Å²) in [4.78, 5) is 12.5. The molecule has 1 atom stereocenters. The molecule has 1 amide bonds. The zero-order chi connectivity index (χ0) is 17.5. The summed E-state index contributed by atoms with van der Waals surface area (Å²) in [6, 6.07) is 17.9. The number of nitrogens with one attached hydrogen (secondary N) is 1. The van der Waals surface area contributed by atoms with Crippen LogP contribution in [0.5, 0.6) is 5.75 Å². The van der Waals surface area contributed by atoms with Gasteiger partial charge in [-0.1, -0.05) is 68.1 Å². The van der Waals surface area contributed by atoms with E-state index in [-0.39, 0.29) is 11.9 Å². The summed E-state index contributed by atoms with van der Waals surface area (Å²) in [5.41, 5.74) is 2.17. The molecular formula is C22H27NO2. The molecule has 1 N–H and O–H groups in total. The number of benzene rings is 2. The van der Waals surface area contributed by atoms with Gasteiger partial charge in [0.2, 0.25) is 5.91 Å². The Morgan fingerprint density at radius 1 is 1.04 bits per heavy atom. The third-order valence-electron chi connectivity index (χ3n) is 5.14. The highest BCUT2D eigenvalue weighted by atomic mass is 16.5. The van der Waals surface area contributed by atoms with Gasteiger partial charge in [-0.3, -0.25) is 4.79 Å². The van der Waals surface area contributed by atoms with E-state index in [2.05, 4.69) is 17.4 Å². The van der Waals surface area contributed by atoms with E-state index in [1.165, 1.54) is 25.7 Å². The molecule has 1 unspecified atom stereocenters. The molecule has 132 valence electrons. The van der Waals surface area contributed by atoms with Crippen LogP contribution in [0.1, 0.15) is 55.7 Å². The third-order valence-corrected chi connectivity index (χ3v) is 5.14. The van der Waals surface area contributed by atoms with Gasteiger partial charge in [0.15, 0.2) is 0 Å². The molecule has 0 saturated heterocycles. The molecule has 0 heterocycles. The summed E-state index contributed by atoms with van der Waals surface area (Å²) >= 11 is 0. The molecule has 1 fully saturated rings. The predicted octanol–water partition coefficient (Wildman–Crippen LogP) is 4.87. The molecule has 0 aliphatic heterocycles. The van der Waals surface area contributed by atoms with Crippen LogP contribution in [0.3, 0.4) is 0 Å². The van der Waals surface area contributed by atoms with Crippen LogP contribution in [0.25, 0.3) is 0 Å². The number of carbonyl (C=O) groups is 1. The molecule has 0 spiro atoms. The highest BCUT2D eigenvalue weighted by Crippen LogP contribution is 2.29. The second kappa shape index (κ2) is 8.70. The summed E-state index contributed by atoms with van der Waals surface area (Å²) < 4.78 is 5.24. The van der Waals surface area contributed by atoms with Crippen LogP contribution in [0, 0.1) is 5.92 Å². The van der Waals surface area contributed by atoms with Crippen molar-refractivity contribution < 1.29 is 9.53 Å².